The van der Waals surface area contributed by atoms with Gasteiger partial charge in [0.2, 0.25) is 10.0 Å². The quantitative estimate of drug-likeness (QED) is 0.533. The lowest BCUT2D eigenvalue weighted by Crippen LogP contribution is -2.34. The maximum Gasteiger partial charge on any atom is 0.258 e. The summed E-state index contributed by atoms with van der Waals surface area (Å²) in [6.45, 7) is 5.29. The predicted molar refractivity (Wildman–Crippen MR) is 115 cm³/mol. The van der Waals surface area contributed by atoms with Gasteiger partial charge in [-0.05, 0) is 56.7 Å². The van der Waals surface area contributed by atoms with E-state index in [1.165, 1.54) is 25.3 Å². The van der Waals surface area contributed by atoms with Gasteiger partial charge in [0.25, 0.3) is 11.8 Å². The van der Waals surface area contributed by atoms with Crippen LogP contribution in [0.5, 0.6) is 11.5 Å². The van der Waals surface area contributed by atoms with E-state index in [9.17, 15) is 18.0 Å². The molecule has 0 bridgehead atoms. The Labute approximate surface area is 182 Å². The minimum absolute atomic E-state index is 0.00182. The Bertz CT molecular complexity index is 1040. The number of hydrogen-bond acceptors (Lipinski definition) is 6. The molecule has 10 heteroatoms. The fraction of sp³-hybridized carbons (Fsp3) is 0.333. The molecule has 2 aromatic carbocycles. The Morgan fingerprint density at radius 1 is 1.00 bits per heavy atom. The highest BCUT2D eigenvalue weighted by atomic mass is 32.2. The SMILES string of the molecule is COc1cc(C(=O)NC(C)c2ccc(S(N)(=O)=O)cc2)ccc1OCC(=O)NC(C)C. The Morgan fingerprint density at radius 3 is 2.19 bits per heavy atom. The molecule has 0 aliphatic rings. The van der Waals surface area contributed by atoms with Crippen molar-refractivity contribution in [1.29, 1.82) is 0 Å². The standard InChI is InChI=1S/C21H27N3O6S/c1-13(2)23-20(25)12-30-18-10-7-16(11-19(18)29-4)21(26)24-14(3)15-5-8-17(9-6-15)31(22,27)28/h5-11,13-14H,12H2,1-4H3,(H,23,25)(H,24,26)(H2,22,27,28). The average Bonchev–Trinajstić information content (AvgIpc) is 2.71. The summed E-state index contributed by atoms with van der Waals surface area (Å²) in [7, 11) is -2.34. The van der Waals surface area contributed by atoms with Crippen molar-refractivity contribution in [3.05, 3.63) is 53.6 Å². The van der Waals surface area contributed by atoms with Crippen LogP contribution in [0, 0.1) is 0 Å². The summed E-state index contributed by atoms with van der Waals surface area (Å²) in [6.07, 6.45) is 0. The topological polar surface area (TPSA) is 137 Å². The zero-order valence-electron chi connectivity index (χ0n) is 17.8. The fourth-order valence-electron chi connectivity index (χ4n) is 2.74. The number of hydrogen-bond donors (Lipinski definition) is 3. The van der Waals surface area contributed by atoms with E-state index in [0.29, 0.717) is 22.6 Å². The van der Waals surface area contributed by atoms with Crippen LogP contribution in [0.2, 0.25) is 0 Å². The van der Waals surface area contributed by atoms with Gasteiger partial charge in [0, 0.05) is 11.6 Å². The van der Waals surface area contributed by atoms with Crippen LogP contribution in [-0.2, 0) is 14.8 Å². The van der Waals surface area contributed by atoms with Crippen LogP contribution in [0.15, 0.2) is 47.4 Å². The van der Waals surface area contributed by atoms with E-state index in [2.05, 4.69) is 10.6 Å². The van der Waals surface area contributed by atoms with E-state index in [0.717, 1.165) is 0 Å². The number of nitrogens with two attached hydrogens (primary N) is 1. The Balaban J connectivity index is 2.06. The Kier molecular flexibility index (Phi) is 8.01. The molecular weight excluding hydrogens is 422 g/mol. The number of amides is 2. The van der Waals surface area contributed by atoms with Crippen LogP contribution in [0.25, 0.3) is 0 Å². The number of sulfonamides is 1. The van der Waals surface area contributed by atoms with Gasteiger partial charge in [-0.1, -0.05) is 12.1 Å². The van der Waals surface area contributed by atoms with Crippen LogP contribution < -0.4 is 25.2 Å². The summed E-state index contributed by atoms with van der Waals surface area (Å²) in [5.74, 6) is 0.0336. The van der Waals surface area contributed by atoms with Crippen LogP contribution >= 0.6 is 0 Å². The zero-order chi connectivity index (χ0) is 23.2. The second kappa shape index (κ2) is 10.3. The molecule has 4 N–H and O–H groups in total. The number of primary sulfonamides is 1. The molecule has 2 aromatic rings. The first kappa shape index (κ1) is 24.2. The van der Waals surface area contributed by atoms with Crippen molar-refractivity contribution in [3.8, 4) is 11.5 Å². The summed E-state index contributed by atoms with van der Waals surface area (Å²) < 4.78 is 33.5. The van der Waals surface area contributed by atoms with Crippen LogP contribution in [-0.4, -0.2) is 40.0 Å². The summed E-state index contributed by atoms with van der Waals surface area (Å²) in [5.41, 5.74) is 1.05. The lowest BCUT2D eigenvalue weighted by molar-refractivity contribution is -0.123. The van der Waals surface area contributed by atoms with E-state index in [1.807, 2.05) is 13.8 Å². The molecule has 1 atom stereocenters. The predicted octanol–water partition coefficient (Wildman–Crippen LogP) is 1.74. The summed E-state index contributed by atoms with van der Waals surface area (Å²) in [6, 6.07) is 10.2. The third-order valence-corrected chi connectivity index (χ3v) is 5.22. The lowest BCUT2D eigenvalue weighted by atomic mass is 10.1. The summed E-state index contributed by atoms with van der Waals surface area (Å²) in [5, 5.41) is 10.6. The van der Waals surface area contributed by atoms with Gasteiger partial charge in [0.05, 0.1) is 18.0 Å². The first-order valence-corrected chi connectivity index (χ1v) is 11.1. The second-order valence-electron chi connectivity index (χ2n) is 7.19. The van der Waals surface area contributed by atoms with Gasteiger partial charge in [0.15, 0.2) is 18.1 Å². The molecule has 168 valence electrons. The van der Waals surface area contributed by atoms with Gasteiger partial charge < -0.3 is 20.1 Å². The molecule has 2 rings (SSSR count). The van der Waals surface area contributed by atoms with Crippen LogP contribution in [0.4, 0.5) is 0 Å². The van der Waals surface area contributed by atoms with E-state index in [-0.39, 0.29) is 35.4 Å². The molecule has 0 aliphatic carbocycles. The molecule has 0 aliphatic heterocycles. The Morgan fingerprint density at radius 2 is 1.65 bits per heavy atom. The molecule has 0 radical (unpaired) electrons. The fourth-order valence-corrected chi connectivity index (χ4v) is 3.26. The van der Waals surface area contributed by atoms with Crippen molar-refractivity contribution in [2.75, 3.05) is 13.7 Å². The van der Waals surface area contributed by atoms with Crippen molar-refractivity contribution >= 4 is 21.8 Å². The van der Waals surface area contributed by atoms with Gasteiger partial charge in [-0.2, -0.15) is 0 Å². The van der Waals surface area contributed by atoms with Gasteiger partial charge in [-0.25, -0.2) is 13.6 Å². The molecule has 0 aromatic heterocycles. The van der Waals surface area contributed by atoms with Gasteiger partial charge in [-0.15, -0.1) is 0 Å². The number of nitrogens with one attached hydrogen (secondary N) is 2. The van der Waals surface area contributed by atoms with Gasteiger partial charge in [-0.3, -0.25) is 9.59 Å². The molecule has 2 amide bonds. The highest BCUT2D eigenvalue weighted by Gasteiger charge is 2.16. The molecule has 31 heavy (non-hydrogen) atoms. The van der Waals surface area contributed by atoms with E-state index >= 15 is 0 Å². The van der Waals surface area contributed by atoms with Crippen LogP contribution in [0.1, 0.15) is 42.7 Å². The molecule has 0 heterocycles. The number of ether oxygens (including phenoxy) is 2. The maximum absolute atomic E-state index is 12.6. The normalized spacial score (nSPS) is 12.2. The highest BCUT2D eigenvalue weighted by molar-refractivity contribution is 7.89. The molecule has 0 saturated heterocycles. The monoisotopic (exact) mass is 449 g/mol. The van der Waals surface area contributed by atoms with Crippen molar-refractivity contribution in [2.45, 2.75) is 37.8 Å². The van der Waals surface area contributed by atoms with Crippen molar-refractivity contribution in [2.24, 2.45) is 5.14 Å². The van der Waals surface area contributed by atoms with Gasteiger partial charge >= 0.3 is 0 Å². The number of benzene rings is 2. The molecule has 0 spiro atoms. The second-order valence-corrected chi connectivity index (χ2v) is 8.75. The van der Waals surface area contributed by atoms with Crippen LogP contribution in [0.3, 0.4) is 0 Å². The van der Waals surface area contributed by atoms with E-state index in [4.69, 9.17) is 14.6 Å². The minimum Gasteiger partial charge on any atom is -0.493 e. The summed E-state index contributed by atoms with van der Waals surface area (Å²) in [4.78, 5) is 24.4. The van der Waals surface area contributed by atoms with Crippen molar-refractivity contribution in [3.63, 3.8) is 0 Å². The third kappa shape index (κ3) is 6.97. The summed E-state index contributed by atoms with van der Waals surface area (Å²) >= 11 is 0. The van der Waals surface area contributed by atoms with E-state index in [1.54, 1.807) is 31.2 Å². The zero-order valence-corrected chi connectivity index (χ0v) is 18.7. The van der Waals surface area contributed by atoms with Crippen molar-refractivity contribution in [1.82, 2.24) is 10.6 Å². The third-order valence-electron chi connectivity index (χ3n) is 4.29. The Hall–Kier alpha value is -3.11. The largest absolute Gasteiger partial charge is 0.493 e. The highest BCUT2D eigenvalue weighted by Crippen LogP contribution is 2.28. The number of carbonyl (C=O) groups is 2. The minimum atomic E-state index is -3.78. The van der Waals surface area contributed by atoms with Gasteiger partial charge in [0.1, 0.15) is 0 Å². The number of carbonyl (C=O) groups excluding carboxylic acids is 2. The first-order valence-electron chi connectivity index (χ1n) is 9.55. The molecule has 9 nitrogen and oxygen atoms in total. The smallest absolute Gasteiger partial charge is 0.258 e. The lowest BCUT2D eigenvalue weighted by Gasteiger charge is -2.16. The first-order chi connectivity index (χ1) is 14.5. The van der Waals surface area contributed by atoms with E-state index < -0.39 is 10.0 Å². The molecule has 0 saturated carbocycles. The molecule has 1 unspecified atom stereocenters. The van der Waals surface area contributed by atoms with Crippen molar-refractivity contribution < 1.29 is 27.5 Å². The molecule has 0 fully saturated rings. The number of rotatable bonds is 9. The average molecular weight is 450 g/mol. The number of methoxy groups -OCH3 is 1. The maximum atomic E-state index is 12.6. The molecular formula is C21H27N3O6S.